The maximum atomic E-state index is 13.6. The number of piperazine rings is 1. The minimum absolute atomic E-state index is 0.0585. The molecule has 2 aromatic heterocycles. The van der Waals surface area contributed by atoms with Crippen LogP contribution in [0.5, 0.6) is 0 Å². The first-order valence-electron chi connectivity index (χ1n) is 11.6. The highest BCUT2D eigenvalue weighted by atomic mass is 16.5. The Morgan fingerprint density at radius 2 is 1.79 bits per heavy atom. The fourth-order valence-corrected chi connectivity index (χ4v) is 4.33. The first-order chi connectivity index (χ1) is 15.9. The summed E-state index contributed by atoms with van der Waals surface area (Å²) in [5.41, 5.74) is 4.35. The van der Waals surface area contributed by atoms with Gasteiger partial charge in [-0.3, -0.25) is 14.5 Å². The van der Waals surface area contributed by atoms with Crippen molar-refractivity contribution in [2.75, 3.05) is 26.2 Å². The van der Waals surface area contributed by atoms with Crippen molar-refractivity contribution in [2.24, 2.45) is 0 Å². The van der Waals surface area contributed by atoms with E-state index in [1.54, 1.807) is 0 Å². The molecule has 0 bridgehead atoms. The van der Waals surface area contributed by atoms with Crippen molar-refractivity contribution in [1.29, 1.82) is 0 Å². The van der Waals surface area contributed by atoms with Gasteiger partial charge in [-0.15, -0.1) is 0 Å². The van der Waals surface area contributed by atoms with Gasteiger partial charge in [0.25, 0.3) is 11.6 Å². The Hall–Kier alpha value is -3.26. The number of hydrogen-bond acceptors (Lipinski definition) is 6. The highest BCUT2D eigenvalue weighted by molar-refractivity contribution is 6.07. The van der Waals surface area contributed by atoms with Crippen LogP contribution in [0.3, 0.4) is 0 Å². The van der Waals surface area contributed by atoms with Crippen molar-refractivity contribution in [1.82, 2.24) is 25.3 Å². The van der Waals surface area contributed by atoms with Crippen LogP contribution in [-0.2, 0) is 4.79 Å². The Balaban J connectivity index is 1.36. The number of aromatic nitrogens is 2. The van der Waals surface area contributed by atoms with Gasteiger partial charge in [0.2, 0.25) is 5.91 Å². The molecule has 1 saturated carbocycles. The smallest absolute Gasteiger partial charge is 0.259 e. The molecule has 1 N–H and O–H groups in total. The molecule has 3 aromatic rings. The molecule has 1 unspecified atom stereocenters. The number of nitrogens with zero attached hydrogens (tertiary/aromatic N) is 4. The fourth-order valence-electron chi connectivity index (χ4n) is 4.33. The van der Waals surface area contributed by atoms with E-state index in [0.717, 1.165) is 24.0 Å². The molecule has 5 rings (SSSR count). The molecular weight excluding hydrogens is 418 g/mol. The highest BCUT2D eigenvalue weighted by Crippen LogP contribution is 2.28. The summed E-state index contributed by atoms with van der Waals surface area (Å²) >= 11 is 0. The van der Waals surface area contributed by atoms with Gasteiger partial charge in [-0.05, 0) is 39.7 Å². The summed E-state index contributed by atoms with van der Waals surface area (Å²) in [7, 11) is 0. The molecule has 8 nitrogen and oxygen atoms in total. The molecule has 33 heavy (non-hydrogen) atoms. The van der Waals surface area contributed by atoms with Crippen LogP contribution in [0.25, 0.3) is 22.4 Å². The van der Waals surface area contributed by atoms with Crippen LogP contribution in [0.4, 0.5) is 0 Å². The zero-order valence-electron chi connectivity index (χ0n) is 19.3. The molecule has 1 aliphatic heterocycles. The molecule has 1 aliphatic carbocycles. The Kier molecular flexibility index (Phi) is 5.62. The van der Waals surface area contributed by atoms with E-state index in [1.807, 2.05) is 56.0 Å². The predicted octanol–water partition coefficient (Wildman–Crippen LogP) is 2.93. The molecule has 1 aromatic carbocycles. The monoisotopic (exact) mass is 447 g/mol. The standard InChI is InChI=1S/C25H29N5O3/c1-15-4-6-18(7-5-15)21-14-20(22-16(2)28-33-24(22)27-21)25(32)30-12-10-29(11-13-30)17(3)23(31)26-19-8-9-19/h4-7,14,17,19H,8-13H2,1-3H3,(H,26,31). The first-order valence-corrected chi connectivity index (χ1v) is 11.6. The van der Waals surface area contributed by atoms with Crippen LogP contribution >= 0.6 is 0 Å². The van der Waals surface area contributed by atoms with Crippen LogP contribution in [-0.4, -0.2) is 70.0 Å². The molecule has 8 heteroatoms. The van der Waals surface area contributed by atoms with Crippen LogP contribution in [0.15, 0.2) is 34.9 Å². The van der Waals surface area contributed by atoms with Gasteiger partial charge in [0.15, 0.2) is 0 Å². The van der Waals surface area contributed by atoms with E-state index in [0.29, 0.717) is 60.3 Å². The maximum Gasteiger partial charge on any atom is 0.259 e. The molecule has 2 amide bonds. The van der Waals surface area contributed by atoms with Gasteiger partial charge >= 0.3 is 0 Å². The number of rotatable bonds is 5. The van der Waals surface area contributed by atoms with E-state index >= 15 is 0 Å². The van der Waals surface area contributed by atoms with Gasteiger partial charge < -0.3 is 14.7 Å². The van der Waals surface area contributed by atoms with Gasteiger partial charge in [0.05, 0.1) is 28.4 Å². The van der Waals surface area contributed by atoms with Gasteiger partial charge in [0.1, 0.15) is 0 Å². The number of hydrogen-bond donors (Lipinski definition) is 1. The van der Waals surface area contributed by atoms with Crippen LogP contribution < -0.4 is 5.32 Å². The summed E-state index contributed by atoms with van der Waals surface area (Å²) in [4.78, 5) is 34.6. The Morgan fingerprint density at radius 3 is 2.45 bits per heavy atom. The Bertz CT molecular complexity index is 1190. The number of fused-ring (bicyclic) bond motifs is 1. The average Bonchev–Trinajstić information content (AvgIpc) is 3.57. The second kappa shape index (κ2) is 8.59. The average molecular weight is 448 g/mol. The lowest BCUT2D eigenvalue weighted by atomic mass is 10.0. The predicted molar refractivity (Wildman–Crippen MR) is 125 cm³/mol. The lowest BCUT2D eigenvalue weighted by molar-refractivity contribution is -0.126. The van der Waals surface area contributed by atoms with Gasteiger partial charge in [-0.2, -0.15) is 0 Å². The molecule has 1 saturated heterocycles. The second-order valence-corrected chi connectivity index (χ2v) is 9.16. The van der Waals surface area contributed by atoms with Gasteiger partial charge in [0, 0.05) is 37.8 Å². The summed E-state index contributed by atoms with van der Waals surface area (Å²) in [6, 6.07) is 10.0. The van der Waals surface area contributed by atoms with Crippen molar-refractivity contribution in [2.45, 2.75) is 45.7 Å². The maximum absolute atomic E-state index is 13.6. The molecule has 1 atom stereocenters. The zero-order chi connectivity index (χ0) is 23.1. The van der Waals surface area contributed by atoms with Crippen LogP contribution in [0.1, 0.15) is 41.4 Å². The number of aryl methyl sites for hydroxylation is 2. The third-order valence-electron chi connectivity index (χ3n) is 6.65. The van der Waals surface area contributed by atoms with E-state index in [4.69, 9.17) is 4.52 Å². The normalized spacial score (nSPS) is 17.8. The number of benzene rings is 1. The van der Waals surface area contributed by atoms with E-state index in [2.05, 4.69) is 20.4 Å². The molecule has 172 valence electrons. The number of carbonyl (C=O) groups excluding carboxylic acids is 2. The third-order valence-corrected chi connectivity index (χ3v) is 6.65. The molecule has 2 fully saturated rings. The summed E-state index contributed by atoms with van der Waals surface area (Å²) in [6.07, 6.45) is 2.15. The van der Waals surface area contributed by atoms with E-state index in [1.165, 1.54) is 0 Å². The minimum atomic E-state index is -0.191. The molecule has 3 heterocycles. The van der Waals surface area contributed by atoms with Gasteiger partial charge in [-0.25, -0.2) is 4.98 Å². The Labute approximate surface area is 192 Å². The van der Waals surface area contributed by atoms with Gasteiger partial charge in [-0.1, -0.05) is 35.0 Å². The van der Waals surface area contributed by atoms with E-state index < -0.39 is 0 Å². The lowest BCUT2D eigenvalue weighted by Gasteiger charge is -2.37. The van der Waals surface area contributed by atoms with Crippen molar-refractivity contribution in [3.05, 3.63) is 47.2 Å². The van der Waals surface area contributed by atoms with Crippen molar-refractivity contribution < 1.29 is 14.1 Å². The Morgan fingerprint density at radius 1 is 1.09 bits per heavy atom. The number of pyridine rings is 1. The third kappa shape index (κ3) is 4.35. The highest BCUT2D eigenvalue weighted by Gasteiger charge is 2.32. The summed E-state index contributed by atoms with van der Waals surface area (Å²) in [5, 5.41) is 7.79. The second-order valence-electron chi connectivity index (χ2n) is 9.16. The van der Waals surface area contributed by atoms with E-state index in [9.17, 15) is 9.59 Å². The molecular formula is C25H29N5O3. The van der Waals surface area contributed by atoms with Crippen LogP contribution in [0.2, 0.25) is 0 Å². The quantitative estimate of drug-likeness (QED) is 0.647. The SMILES string of the molecule is Cc1ccc(-c2cc(C(=O)N3CCN(C(C)C(=O)NC4CC4)CC3)c3c(C)noc3n2)cc1. The summed E-state index contributed by atoms with van der Waals surface area (Å²) in [5.74, 6) is 0.0211. The van der Waals surface area contributed by atoms with Crippen molar-refractivity contribution in [3.8, 4) is 11.3 Å². The van der Waals surface area contributed by atoms with Crippen molar-refractivity contribution in [3.63, 3.8) is 0 Å². The summed E-state index contributed by atoms with van der Waals surface area (Å²) < 4.78 is 5.44. The minimum Gasteiger partial charge on any atom is -0.352 e. The van der Waals surface area contributed by atoms with E-state index in [-0.39, 0.29) is 17.9 Å². The van der Waals surface area contributed by atoms with Crippen LogP contribution in [0, 0.1) is 13.8 Å². The molecule has 0 radical (unpaired) electrons. The number of nitrogens with one attached hydrogen (secondary N) is 1. The summed E-state index contributed by atoms with van der Waals surface area (Å²) in [6.45, 7) is 8.25. The first kappa shape index (κ1) is 21.6. The largest absolute Gasteiger partial charge is 0.352 e. The topological polar surface area (TPSA) is 91.6 Å². The lowest BCUT2D eigenvalue weighted by Crippen LogP contribution is -2.55. The number of amides is 2. The molecule has 0 spiro atoms. The number of carbonyl (C=O) groups is 2. The fraction of sp³-hybridized carbons (Fsp3) is 0.440. The zero-order valence-corrected chi connectivity index (χ0v) is 19.3. The molecule has 2 aliphatic rings. The van der Waals surface area contributed by atoms with Crippen molar-refractivity contribution >= 4 is 22.9 Å².